The number of carbonyl (C=O) groups excluding carboxylic acids is 1. The van der Waals surface area contributed by atoms with E-state index in [1.807, 2.05) is 48.4 Å². The molecule has 6 rings (SSSR count). The molecule has 4 aromatic rings. The summed E-state index contributed by atoms with van der Waals surface area (Å²) in [6.45, 7) is 2.34. The van der Waals surface area contributed by atoms with Gasteiger partial charge in [-0.25, -0.2) is 4.98 Å². The zero-order valence-corrected chi connectivity index (χ0v) is 17.0. The lowest BCUT2D eigenvalue weighted by molar-refractivity contribution is 0.0966. The summed E-state index contributed by atoms with van der Waals surface area (Å²) in [5.41, 5.74) is 5.96. The molecule has 1 amide bonds. The first kappa shape index (κ1) is 18.0. The van der Waals surface area contributed by atoms with Crippen molar-refractivity contribution in [2.24, 2.45) is 7.05 Å². The van der Waals surface area contributed by atoms with Crippen molar-refractivity contribution in [1.82, 2.24) is 30.2 Å². The van der Waals surface area contributed by atoms with Gasteiger partial charge in [-0.05, 0) is 18.2 Å². The molecule has 1 fully saturated rings. The van der Waals surface area contributed by atoms with Crippen LogP contribution in [-0.4, -0.2) is 38.5 Å². The van der Waals surface area contributed by atoms with Gasteiger partial charge >= 0.3 is 0 Å². The smallest absolute Gasteiger partial charge is 0.254 e. The normalized spacial score (nSPS) is 15.6. The van der Waals surface area contributed by atoms with E-state index in [1.54, 1.807) is 6.20 Å². The highest BCUT2D eigenvalue weighted by atomic mass is 16.1. The Morgan fingerprint density at radius 3 is 2.90 bits per heavy atom. The van der Waals surface area contributed by atoms with Gasteiger partial charge in [-0.15, -0.1) is 0 Å². The van der Waals surface area contributed by atoms with Crippen molar-refractivity contribution in [3.8, 4) is 11.3 Å². The summed E-state index contributed by atoms with van der Waals surface area (Å²) >= 11 is 0. The number of nitrogens with one attached hydrogen (secondary N) is 3. The highest BCUT2D eigenvalue weighted by Crippen LogP contribution is 2.36. The van der Waals surface area contributed by atoms with Crippen molar-refractivity contribution in [2.75, 3.05) is 18.4 Å². The Labute approximate surface area is 178 Å². The number of aromatic nitrogens is 4. The summed E-state index contributed by atoms with van der Waals surface area (Å²) in [4.78, 5) is 26.6. The molecule has 0 atom stereocenters. The maximum atomic E-state index is 12.7. The molecule has 0 spiro atoms. The lowest BCUT2D eigenvalue weighted by Gasteiger charge is -2.26. The van der Waals surface area contributed by atoms with Crippen molar-refractivity contribution < 1.29 is 4.79 Å². The number of nitrogens with zero attached hydrogens (tertiary/aromatic N) is 4. The second-order valence-electron chi connectivity index (χ2n) is 8.03. The third kappa shape index (κ3) is 2.87. The van der Waals surface area contributed by atoms with Crippen LogP contribution in [0, 0.1) is 0 Å². The van der Waals surface area contributed by atoms with Crippen LogP contribution in [0.5, 0.6) is 0 Å². The largest absolute Gasteiger partial charge is 0.349 e. The van der Waals surface area contributed by atoms with E-state index < -0.39 is 0 Å². The van der Waals surface area contributed by atoms with Crippen LogP contribution < -0.4 is 16.0 Å². The maximum Gasteiger partial charge on any atom is 0.254 e. The van der Waals surface area contributed by atoms with E-state index in [2.05, 4.69) is 27.0 Å². The molecule has 2 aliphatic heterocycles. The monoisotopic (exact) mass is 411 g/mol. The number of fused-ring (bicyclic) bond motifs is 2. The number of carbonyl (C=O) groups is 1. The predicted molar refractivity (Wildman–Crippen MR) is 118 cm³/mol. The minimum absolute atomic E-state index is 0.103. The van der Waals surface area contributed by atoms with Crippen molar-refractivity contribution in [3.63, 3.8) is 0 Å². The van der Waals surface area contributed by atoms with E-state index in [4.69, 9.17) is 9.97 Å². The number of pyridine rings is 3. The fourth-order valence-electron chi connectivity index (χ4n) is 4.32. The molecule has 154 valence electrons. The fraction of sp³-hybridized carbons (Fsp3) is 0.217. The Morgan fingerprint density at radius 1 is 1.16 bits per heavy atom. The molecular formula is C23H21N7O. The number of amides is 1. The Balaban J connectivity index is 1.43. The molecule has 6 heterocycles. The molecular weight excluding hydrogens is 390 g/mol. The van der Waals surface area contributed by atoms with Crippen LogP contribution in [0.15, 0.2) is 49.1 Å². The van der Waals surface area contributed by atoms with E-state index in [0.717, 1.165) is 46.5 Å². The van der Waals surface area contributed by atoms with E-state index >= 15 is 0 Å². The molecule has 0 radical (unpaired) electrons. The lowest BCUT2D eigenvalue weighted by atomic mass is 9.99. The summed E-state index contributed by atoms with van der Waals surface area (Å²) in [5, 5.41) is 10.6. The van der Waals surface area contributed by atoms with Gasteiger partial charge in [0.05, 0.1) is 34.9 Å². The van der Waals surface area contributed by atoms with Gasteiger partial charge in [-0.1, -0.05) is 6.07 Å². The Kier molecular flexibility index (Phi) is 4.00. The van der Waals surface area contributed by atoms with E-state index in [1.165, 1.54) is 0 Å². The van der Waals surface area contributed by atoms with E-state index in [9.17, 15) is 4.79 Å². The second kappa shape index (κ2) is 6.88. The third-order valence-corrected chi connectivity index (χ3v) is 6.13. The van der Waals surface area contributed by atoms with E-state index in [-0.39, 0.29) is 5.91 Å². The van der Waals surface area contributed by atoms with Gasteiger partial charge in [-0.2, -0.15) is 0 Å². The molecule has 1 saturated heterocycles. The molecule has 0 unspecified atom stereocenters. The number of hydrogen-bond donors (Lipinski definition) is 3. The molecule has 2 aliphatic rings. The highest BCUT2D eigenvalue weighted by Gasteiger charge is 2.28. The van der Waals surface area contributed by atoms with Gasteiger partial charge in [0, 0.05) is 67.2 Å². The first-order chi connectivity index (χ1) is 15.2. The van der Waals surface area contributed by atoms with Crippen LogP contribution in [0.4, 0.5) is 11.5 Å². The van der Waals surface area contributed by atoms with Crippen molar-refractivity contribution in [1.29, 1.82) is 0 Å². The zero-order chi connectivity index (χ0) is 20.9. The number of hydrogen-bond acceptors (Lipinski definition) is 6. The van der Waals surface area contributed by atoms with Crippen molar-refractivity contribution in [2.45, 2.75) is 12.5 Å². The Morgan fingerprint density at radius 2 is 2.06 bits per heavy atom. The van der Waals surface area contributed by atoms with Gasteiger partial charge in [0.2, 0.25) is 0 Å². The molecule has 0 saturated carbocycles. The molecule has 0 bridgehead atoms. The summed E-state index contributed by atoms with van der Waals surface area (Å²) in [5.74, 6) is 1.05. The number of anilines is 2. The first-order valence-corrected chi connectivity index (χ1v) is 10.3. The number of rotatable bonds is 4. The standard InChI is InChI=1S/C23H21N7O/c1-30-6-5-14-15(9-25-12-19(14)30)22-16-10-27-23(31)21(16)18(11-26-22)29-20-4-2-3-17(28-20)13-7-24-8-13/h2-6,9,11-13,24H,7-8,10H2,1H3,(H,27,31)(H,28,29). The van der Waals surface area contributed by atoms with Crippen molar-refractivity contribution in [3.05, 3.63) is 65.9 Å². The minimum atomic E-state index is -0.103. The van der Waals surface area contributed by atoms with Gasteiger partial charge in [0.15, 0.2) is 0 Å². The molecule has 0 aromatic carbocycles. The maximum absolute atomic E-state index is 12.7. The lowest BCUT2D eigenvalue weighted by Crippen LogP contribution is -2.40. The summed E-state index contributed by atoms with van der Waals surface area (Å²) in [6, 6.07) is 8.01. The van der Waals surface area contributed by atoms with Crippen LogP contribution in [0.25, 0.3) is 22.2 Å². The molecule has 8 heteroatoms. The number of aryl methyl sites for hydroxylation is 1. The van der Waals surface area contributed by atoms with Gasteiger partial charge < -0.3 is 20.5 Å². The van der Waals surface area contributed by atoms with Crippen LogP contribution >= 0.6 is 0 Å². The summed E-state index contributed by atoms with van der Waals surface area (Å²) in [7, 11) is 1.99. The third-order valence-electron chi connectivity index (χ3n) is 6.13. The minimum Gasteiger partial charge on any atom is -0.349 e. The van der Waals surface area contributed by atoms with E-state index in [0.29, 0.717) is 29.5 Å². The van der Waals surface area contributed by atoms with Gasteiger partial charge in [0.1, 0.15) is 5.82 Å². The van der Waals surface area contributed by atoms with Crippen molar-refractivity contribution >= 4 is 28.3 Å². The van der Waals surface area contributed by atoms with Crippen LogP contribution in [0.1, 0.15) is 27.5 Å². The van der Waals surface area contributed by atoms with Crippen LogP contribution in [0.2, 0.25) is 0 Å². The van der Waals surface area contributed by atoms with Gasteiger partial charge in [0.25, 0.3) is 5.91 Å². The Hall–Kier alpha value is -3.78. The quantitative estimate of drug-likeness (QED) is 0.478. The molecule has 8 nitrogen and oxygen atoms in total. The highest BCUT2D eigenvalue weighted by molar-refractivity contribution is 6.06. The van der Waals surface area contributed by atoms with Gasteiger partial charge in [-0.3, -0.25) is 14.8 Å². The Bertz CT molecular complexity index is 1340. The fourth-order valence-corrected chi connectivity index (χ4v) is 4.32. The summed E-state index contributed by atoms with van der Waals surface area (Å²) < 4.78 is 2.03. The molecule has 3 N–H and O–H groups in total. The topological polar surface area (TPSA) is 96.8 Å². The first-order valence-electron chi connectivity index (χ1n) is 10.3. The zero-order valence-electron chi connectivity index (χ0n) is 17.0. The molecule has 0 aliphatic carbocycles. The average Bonchev–Trinajstić information content (AvgIpc) is 3.31. The molecule has 31 heavy (non-hydrogen) atoms. The molecule has 4 aromatic heterocycles. The average molecular weight is 411 g/mol. The van der Waals surface area contributed by atoms with Crippen LogP contribution in [-0.2, 0) is 13.6 Å². The second-order valence-corrected chi connectivity index (χ2v) is 8.03. The predicted octanol–water partition coefficient (Wildman–Crippen LogP) is 2.70. The SMILES string of the molecule is Cn1ccc2c(-c3ncc(Nc4cccc(C5CNC5)n4)c4c3CNC4=O)cncc21. The van der Waals surface area contributed by atoms with Crippen LogP contribution in [0.3, 0.4) is 0 Å². The summed E-state index contributed by atoms with van der Waals surface area (Å²) in [6.07, 6.45) is 7.39.